The zero-order valence-corrected chi connectivity index (χ0v) is 13.3. The van der Waals surface area contributed by atoms with Crippen LogP contribution in [0.3, 0.4) is 0 Å². The molecule has 0 saturated heterocycles. The number of hydrogen-bond acceptors (Lipinski definition) is 4. The number of nitrogens with zero attached hydrogens (tertiary/aromatic N) is 1. The van der Waals surface area contributed by atoms with Crippen LogP contribution in [0.5, 0.6) is 17.2 Å². The fourth-order valence-electron chi connectivity index (χ4n) is 1.67. The molecule has 1 aromatic carbocycles. The summed E-state index contributed by atoms with van der Waals surface area (Å²) in [6.07, 6.45) is 1.72. The third-order valence-electron chi connectivity index (χ3n) is 3.00. The summed E-state index contributed by atoms with van der Waals surface area (Å²) in [4.78, 5) is 4.38. The van der Waals surface area contributed by atoms with E-state index in [1.54, 1.807) is 13.3 Å². The molecule has 1 unspecified atom stereocenters. The van der Waals surface area contributed by atoms with Crippen molar-refractivity contribution in [3.63, 3.8) is 0 Å². The predicted molar refractivity (Wildman–Crippen MR) is 82.5 cm³/mol. The second-order valence-electron chi connectivity index (χ2n) is 4.33. The monoisotopic (exact) mass is 336 g/mol. The molecule has 0 fully saturated rings. The maximum Gasteiger partial charge on any atom is 0.145 e. The summed E-state index contributed by atoms with van der Waals surface area (Å²) in [5.41, 5.74) is 0.980. The van der Waals surface area contributed by atoms with Crippen molar-refractivity contribution in [1.29, 1.82) is 0 Å². The molecule has 4 nitrogen and oxygen atoms in total. The highest BCUT2D eigenvalue weighted by Crippen LogP contribution is 2.32. The van der Waals surface area contributed by atoms with Crippen molar-refractivity contribution in [3.8, 4) is 17.2 Å². The summed E-state index contributed by atoms with van der Waals surface area (Å²) in [5, 5.41) is 3.15. The molecule has 2 rings (SSSR count). The third-order valence-corrected chi connectivity index (χ3v) is 3.62. The lowest BCUT2D eigenvalue weighted by atomic mass is 10.2. The number of benzene rings is 1. The molecule has 0 aliphatic heterocycles. The minimum Gasteiger partial charge on any atom is -0.497 e. The molecule has 5 heteroatoms. The van der Waals surface area contributed by atoms with Crippen LogP contribution in [0.25, 0.3) is 0 Å². The number of rotatable bonds is 5. The first-order valence-corrected chi connectivity index (χ1v) is 7.08. The van der Waals surface area contributed by atoms with Crippen LogP contribution in [0.15, 0.2) is 41.0 Å². The summed E-state index contributed by atoms with van der Waals surface area (Å²) in [6.45, 7) is 2.06. The second-order valence-corrected chi connectivity index (χ2v) is 5.18. The van der Waals surface area contributed by atoms with Gasteiger partial charge in [-0.05, 0) is 60.2 Å². The van der Waals surface area contributed by atoms with E-state index < -0.39 is 0 Å². The van der Waals surface area contributed by atoms with Gasteiger partial charge >= 0.3 is 0 Å². The lowest BCUT2D eigenvalue weighted by Gasteiger charge is -2.11. The lowest BCUT2D eigenvalue weighted by molar-refractivity contribution is 0.412. The Morgan fingerprint density at radius 2 is 1.95 bits per heavy atom. The van der Waals surface area contributed by atoms with E-state index in [-0.39, 0.29) is 6.04 Å². The number of nitrogens with one attached hydrogen (secondary N) is 1. The Balaban J connectivity index is 2.14. The summed E-state index contributed by atoms with van der Waals surface area (Å²) >= 11 is 3.46. The van der Waals surface area contributed by atoms with E-state index in [0.717, 1.165) is 21.7 Å². The van der Waals surface area contributed by atoms with Crippen LogP contribution in [-0.4, -0.2) is 19.1 Å². The molecule has 20 heavy (non-hydrogen) atoms. The molecule has 0 spiro atoms. The van der Waals surface area contributed by atoms with E-state index >= 15 is 0 Å². The van der Waals surface area contributed by atoms with Gasteiger partial charge in [-0.1, -0.05) is 0 Å². The van der Waals surface area contributed by atoms with Gasteiger partial charge in [0.1, 0.15) is 17.2 Å². The number of hydrogen-bond donors (Lipinski definition) is 1. The number of halogens is 1. The predicted octanol–water partition coefficient (Wildman–Crippen LogP) is 3.93. The Hall–Kier alpha value is -1.59. The van der Waals surface area contributed by atoms with E-state index in [0.29, 0.717) is 5.75 Å². The van der Waals surface area contributed by atoms with E-state index in [1.165, 1.54) is 0 Å². The maximum atomic E-state index is 5.79. The fraction of sp³-hybridized carbons (Fsp3) is 0.267. The molecular weight excluding hydrogens is 320 g/mol. The average molecular weight is 337 g/mol. The summed E-state index contributed by atoms with van der Waals surface area (Å²) in [5.74, 6) is 2.20. The quantitative estimate of drug-likeness (QED) is 0.898. The molecule has 0 radical (unpaired) electrons. The topological polar surface area (TPSA) is 43.4 Å². The van der Waals surface area contributed by atoms with Crippen molar-refractivity contribution in [2.45, 2.75) is 13.0 Å². The maximum absolute atomic E-state index is 5.79. The number of ether oxygens (including phenoxy) is 2. The summed E-state index contributed by atoms with van der Waals surface area (Å²) < 4.78 is 11.8. The zero-order valence-electron chi connectivity index (χ0n) is 11.7. The van der Waals surface area contributed by atoms with Crippen LogP contribution >= 0.6 is 15.9 Å². The Labute approximate surface area is 127 Å². The molecule has 1 heterocycles. The Morgan fingerprint density at radius 1 is 1.20 bits per heavy atom. The first-order valence-electron chi connectivity index (χ1n) is 6.28. The molecule has 2 aromatic rings. The Kier molecular flexibility index (Phi) is 4.98. The SMILES string of the molecule is CNC(C)c1ccc(Oc2ccc(OC)cc2Br)cn1. The average Bonchev–Trinajstić information content (AvgIpc) is 2.49. The highest BCUT2D eigenvalue weighted by Gasteiger charge is 2.07. The van der Waals surface area contributed by atoms with Gasteiger partial charge in [-0.15, -0.1) is 0 Å². The van der Waals surface area contributed by atoms with Crippen LogP contribution in [0.1, 0.15) is 18.7 Å². The Bertz CT molecular complexity index is 573. The van der Waals surface area contributed by atoms with Crippen molar-refractivity contribution in [2.24, 2.45) is 0 Å². The first kappa shape index (κ1) is 14.8. The lowest BCUT2D eigenvalue weighted by Crippen LogP contribution is -2.13. The second kappa shape index (κ2) is 6.72. The molecule has 0 aliphatic carbocycles. The van der Waals surface area contributed by atoms with Crippen LogP contribution in [0.4, 0.5) is 0 Å². The molecule has 1 aromatic heterocycles. The van der Waals surface area contributed by atoms with Crippen molar-refractivity contribution < 1.29 is 9.47 Å². The summed E-state index contributed by atoms with van der Waals surface area (Å²) in [6, 6.07) is 9.65. The number of methoxy groups -OCH3 is 1. The fourth-order valence-corrected chi connectivity index (χ4v) is 2.11. The van der Waals surface area contributed by atoms with Gasteiger partial charge in [0.25, 0.3) is 0 Å². The van der Waals surface area contributed by atoms with Gasteiger partial charge in [0.2, 0.25) is 0 Å². The molecule has 0 bridgehead atoms. The van der Waals surface area contributed by atoms with Crippen LogP contribution in [0.2, 0.25) is 0 Å². The number of pyridine rings is 1. The largest absolute Gasteiger partial charge is 0.497 e. The number of aromatic nitrogens is 1. The molecule has 1 atom stereocenters. The van der Waals surface area contributed by atoms with Crippen LogP contribution in [-0.2, 0) is 0 Å². The van der Waals surface area contributed by atoms with E-state index in [2.05, 4.69) is 33.2 Å². The van der Waals surface area contributed by atoms with Crippen molar-refractivity contribution >= 4 is 15.9 Å². The molecule has 1 N–H and O–H groups in total. The molecule has 0 saturated carbocycles. The molecule has 0 aliphatic rings. The van der Waals surface area contributed by atoms with Gasteiger partial charge < -0.3 is 14.8 Å². The van der Waals surface area contributed by atoms with E-state index in [9.17, 15) is 0 Å². The zero-order chi connectivity index (χ0) is 14.5. The highest BCUT2D eigenvalue weighted by molar-refractivity contribution is 9.10. The minimum atomic E-state index is 0.219. The van der Waals surface area contributed by atoms with Crippen LogP contribution in [0, 0.1) is 0 Å². The van der Waals surface area contributed by atoms with Crippen molar-refractivity contribution in [2.75, 3.05) is 14.2 Å². The van der Waals surface area contributed by atoms with Crippen molar-refractivity contribution in [1.82, 2.24) is 10.3 Å². The Morgan fingerprint density at radius 3 is 2.50 bits per heavy atom. The first-order chi connectivity index (χ1) is 9.63. The minimum absolute atomic E-state index is 0.219. The van der Waals surface area contributed by atoms with Gasteiger partial charge in [-0.3, -0.25) is 4.98 Å². The van der Waals surface area contributed by atoms with Gasteiger partial charge in [0.15, 0.2) is 0 Å². The van der Waals surface area contributed by atoms with Crippen molar-refractivity contribution in [3.05, 3.63) is 46.7 Å². The van der Waals surface area contributed by atoms with Gasteiger partial charge in [-0.2, -0.15) is 0 Å². The summed E-state index contributed by atoms with van der Waals surface area (Å²) in [7, 11) is 3.54. The normalized spacial score (nSPS) is 12.0. The van der Waals surface area contributed by atoms with E-state index in [4.69, 9.17) is 9.47 Å². The molecule has 106 valence electrons. The smallest absolute Gasteiger partial charge is 0.145 e. The third kappa shape index (κ3) is 3.49. The van der Waals surface area contributed by atoms with Crippen LogP contribution < -0.4 is 14.8 Å². The van der Waals surface area contributed by atoms with E-state index in [1.807, 2.05) is 37.4 Å². The van der Waals surface area contributed by atoms with Gasteiger partial charge in [0, 0.05) is 6.04 Å². The molecular formula is C15H17BrN2O2. The standard InChI is InChI=1S/C15H17BrN2O2/c1-10(17-2)14-6-4-12(9-18-14)20-15-7-5-11(19-3)8-13(15)16/h4-10,17H,1-3H3. The van der Waals surface area contributed by atoms with Gasteiger partial charge in [0.05, 0.1) is 23.5 Å². The van der Waals surface area contributed by atoms with Gasteiger partial charge in [-0.25, -0.2) is 0 Å². The highest BCUT2D eigenvalue weighted by atomic mass is 79.9. The molecule has 0 amide bonds.